The van der Waals surface area contributed by atoms with Crippen molar-refractivity contribution in [2.24, 2.45) is 5.92 Å². The summed E-state index contributed by atoms with van der Waals surface area (Å²) in [5, 5.41) is 3.32. The lowest BCUT2D eigenvalue weighted by Crippen LogP contribution is -2.29. The lowest BCUT2D eigenvalue weighted by atomic mass is 10.1. The number of rotatable bonds is 3. The van der Waals surface area contributed by atoms with E-state index in [4.69, 9.17) is 11.6 Å². The molecule has 4 heteroatoms. The first-order valence-electron chi connectivity index (χ1n) is 6.25. The predicted molar refractivity (Wildman–Crippen MR) is 83.2 cm³/mol. The van der Waals surface area contributed by atoms with Crippen molar-refractivity contribution in [2.75, 3.05) is 6.54 Å². The molecule has 0 saturated heterocycles. The Kier molecular flexibility index (Phi) is 4.90. The zero-order chi connectivity index (χ0) is 13.1. The van der Waals surface area contributed by atoms with Gasteiger partial charge in [-0.15, -0.1) is 11.6 Å². The molecule has 2 rings (SSSR count). The molecule has 1 fully saturated rings. The number of carbonyl (C=O) groups excluding carboxylic acids is 1. The van der Waals surface area contributed by atoms with Crippen molar-refractivity contribution in [1.82, 2.24) is 5.32 Å². The predicted octanol–water partition coefficient (Wildman–Crippen LogP) is 3.74. The van der Waals surface area contributed by atoms with Crippen LogP contribution in [0.5, 0.6) is 0 Å². The van der Waals surface area contributed by atoms with Crippen LogP contribution in [-0.2, 0) is 0 Å². The molecule has 0 radical (unpaired) electrons. The fourth-order valence-electron chi connectivity index (χ4n) is 2.35. The van der Waals surface area contributed by atoms with E-state index in [-0.39, 0.29) is 5.91 Å². The third kappa shape index (κ3) is 3.38. The van der Waals surface area contributed by atoms with Crippen molar-refractivity contribution in [3.8, 4) is 0 Å². The van der Waals surface area contributed by atoms with Gasteiger partial charge >= 0.3 is 0 Å². The van der Waals surface area contributed by atoms with Crippen LogP contribution in [0.3, 0.4) is 0 Å². The van der Waals surface area contributed by atoms with Crippen LogP contribution >= 0.6 is 34.2 Å². The standard InChI is InChI=1S/C14H17ClINO/c1-9-3-2-4-12(13(9)16)14(18)17-8-10-5-6-11(15)7-10/h2-4,10-11H,5-8H2,1H3,(H,17,18). The summed E-state index contributed by atoms with van der Waals surface area (Å²) in [5.74, 6) is 0.569. The average molecular weight is 378 g/mol. The van der Waals surface area contributed by atoms with Crippen molar-refractivity contribution >= 4 is 40.1 Å². The van der Waals surface area contributed by atoms with Crippen LogP contribution in [0.2, 0.25) is 0 Å². The first-order valence-corrected chi connectivity index (χ1v) is 7.77. The first kappa shape index (κ1) is 14.1. The summed E-state index contributed by atoms with van der Waals surface area (Å²) in [6.07, 6.45) is 3.22. The molecule has 2 nitrogen and oxygen atoms in total. The Morgan fingerprint density at radius 3 is 2.94 bits per heavy atom. The van der Waals surface area contributed by atoms with Gasteiger partial charge in [0.15, 0.2) is 0 Å². The second kappa shape index (κ2) is 6.24. The number of halogens is 2. The first-order chi connectivity index (χ1) is 8.58. The molecule has 18 heavy (non-hydrogen) atoms. The highest BCUT2D eigenvalue weighted by Gasteiger charge is 2.23. The van der Waals surface area contributed by atoms with Gasteiger partial charge in [-0.25, -0.2) is 0 Å². The second-order valence-corrected chi connectivity index (χ2v) is 6.62. The minimum Gasteiger partial charge on any atom is -0.352 e. The smallest absolute Gasteiger partial charge is 0.252 e. The van der Waals surface area contributed by atoms with Gasteiger partial charge < -0.3 is 5.32 Å². The molecule has 1 aromatic rings. The highest BCUT2D eigenvalue weighted by atomic mass is 127. The van der Waals surface area contributed by atoms with E-state index in [1.165, 1.54) is 0 Å². The topological polar surface area (TPSA) is 29.1 Å². The third-order valence-corrected chi connectivity index (χ3v) is 5.29. The summed E-state index contributed by atoms with van der Waals surface area (Å²) in [5.41, 5.74) is 1.92. The summed E-state index contributed by atoms with van der Waals surface area (Å²) < 4.78 is 1.04. The van der Waals surface area contributed by atoms with Gasteiger partial charge in [-0.1, -0.05) is 12.1 Å². The van der Waals surface area contributed by atoms with E-state index < -0.39 is 0 Å². The van der Waals surface area contributed by atoms with Gasteiger partial charge in [0, 0.05) is 15.5 Å². The highest BCUT2D eigenvalue weighted by Crippen LogP contribution is 2.28. The van der Waals surface area contributed by atoms with E-state index in [1.54, 1.807) is 0 Å². The van der Waals surface area contributed by atoms with Gasteiger partial charge in [0.1, 0.15) is 0 Å². The quantitative estimate of drug-likeness (QED) is 0.631. The number of alkyl halides is 1. The maximum absolute atomic E-state index is 12.1. The monoisotopic (exact) mass is 377 g/mol. The summed E-state index contributed by atoms with van der Waals surface area (Å²) >= 11 is 8.30. The normalized spacial score (nSPS) is 23.1. The van der Waals surface area contributed by atoms with Crippen LogP contribution < -0.4 is 5.32 Å². The van der Waals surface area contributed by atoms with E-state index in [0.29, 0.717) is 11.3 Å². The maximum Gasteiger partial charge on any atom is 0.252 e. The largest absolute Gasteiger partial charge is 0.352 e. The van der Waals surface area contributed by atoms with Crippen LogP contribution in [0.25, 0.3) is 0 Å². The van der Waals surface area contributed by atoms with E-state index in [2.05, 4.69) is 27.9 Å². The lowest BCUT2D eigenvalue weighted by Gasteiger charge is -2.12. The Labute approximate surface area is 127 Å². The molecule has 2 atom stereocenters. The minimum absolute atomic E-state index is 0.0288. The molecular weight excluding hydrogens is 361 g/mol. The van der Waals surface area contributed by atoms with E-state index >= 15 is 0 Å². The molecule has 1 amide bonds. The van der Waals surface area contributed by atoms with E-state index in [1.807, 2.05) is 25.1 Å². The Balaban J connectivity index is 1.94. The molecule has 0 aromatic heterocycles. The Hall–Kier alpha value is -0.290. The average Bonchev–Trinajstić information content (AvgIpc) is 2.76. The van der Waals surface area contributed by atoms with Crippen LogP contribution in [0.1, 0.15) is 35.2 Å². The maximum atomic E-state index is 12.1. The zero-order valence-corrected chi connectivity index (χ0v) is 13.3. The van der Waals surface area contributed by atoms with Crippen LogP contribution in [0.4, 0.5) is 0 Å². The minimum atomic E-state index is 0.0288. The summed E-state index contributed by atoms with van der Waals surface area (Å²) in [6, 6.07) is 5.83. The molecule has 0 bridgehead atoms. The molecular formula is C14H17ClINO. The number of carbonyl (C=O) groups is 1. The van der Waals surface area contributed by atoms with Gasteiger partial charge in [-0.3, -0.25) is 4.79 Å². The lowest BCUT2D eigenvalue weighted by molar-refractivity contribution is 0.0946. The third-order valence-electron chi connectivity index (χ3n) is 3.46. The van der Waals surface area contributed by atoms with Gasteiger partial charge in [0.2, 0.25) is 0 Å². The highest BCUT2D eigenvalue weighted by molar-refractivity contribution is 14.1. The van der Waals surface area contributed by atoms with Crippen LogP contribution in [0.15, 0.2) is 18.2 Å². The molecule has 0 heterocycles. The van der Waals surface area contributed by atoms with Gasteiger partial charge in [-0.05, 0) is 66.3 Å². The number of aryl methyl sites for hydroxylation is 1. The van der Waals surface area contributed by atoms with Gasteiger partial charge in [0.25, 0.3) is 5.91 Å². The van der Waals surface area contributed by atoms with Crippen molar-refractivity contribution in [2.45, 2.75) is 31.6 Å². The van der Waals surface area contributed by atoms with Crippen molar-refractivity contribution in [1.29, 1.82) is 0 Å². The Bertz CT molecular complexity index is 449. The molecule has 1 N–H and O–H groups in total. The SMILES string of the molecule is Cc1cccc(C(=O)NCC2CCC(Cl)C2)c1I. The number of benzene rings is 1. The zero-order valence-electron chi connectivity index (χ0n) is 10.4. The molecule has 1 saturated carbocycles. The summed E-state index contributed by atoms with van der Waals surface area (Å²) in [7, 11) is 0. The van der Waals surface area contributed by atoms with E-state index in [0.717, 1.165) is 40.5 Å². The number of amides is 1. The fourth-order valence-corrected chi connectivity index (χ4v) is 3.34. The molecule has 0 spiro atoms. The van der Waals surface area contributed by atoms with Crippen LogP contribution in [0, 0.1) is 16.4 Å². The molecule has 0 aliphatic heterocycles. The van der Waals surface area contributed by atoms with Crippen molar-refractivity contribution in [3.63, 3.8) is 0 Å². The van der Waals surface area contributed by atoms with Gasteiger partial charge in [-0.2, -0.15) is 0 Å². The van der Waals surface area contributed by atoms with Crippen molar-refractivity contribution in [3.05, 3.63) is 32.9 Å². The van der Waals surface area contributed by atoms with Gasteiger partial charge in [0.05, 0.1) is 5.56 Å². The summed E-state index contributed by atoms with van der Waals surface area (Å²) in [4.78, 5) is 12.1. The van der Waals surface area contributed by atoms with Crippen molar-refractivity contribution < 1.29 is 4.79 Å². The van der Waals surface area contributed by atoms with E-state index in [9.17, 15) is 4.79 Å². The molecule has 2 unspecified atom stereocenters. The Morgan fingerprint density at radius 1 is 1.50 bits per heavy atom. The molecule has 1 aliphatic carbocycles. The number of hydrogen-bond acceptors (Lipinski definition) is 1. The fraction of sp³-hybridized carbons (Fsp3) is 0.500. The Morgan fingerprint density at radius 2 is 2.28 bits per heavy atom. The van der Waals surface area contributed by atoms with Crippen LogP contribution in [-0.4, -0.2) is 17.8 Å². The molecule has 1 aromatic carbocycles. The molecule has 98 valence electrons. The number of hydrogen-bond donors (Lipinski definition) is 1. The second-order valence-electron chi connectivity index (χ2n) is 4.92. The summed E-state index contributed by atoms with van der Waals surface area (Å²) in [6.45, 7) is 2.76. The number of nitrogens with one attached hydrogen (secondary N) is 1. The molecule has 1 aliphatic rings.